The number of piperidine rings is 1. The lowest BCUT2D eigenvalue weighted by molar-refractivity contribution is -0.0636. The highest BCUT2D eigenvalue weighted by atomic mass is 35.5. The molecule has 0 saturated carbocycles. The molecule has 0 aliphatic carbocycles. The maximum atomic E-state index is 12.8. The fourth-order valence-electron chi connectivity index (χ4n) is 1.52. The molecule has 0 N–H and O–H groups in total. The summed E-state index contributed by atoms with van der Waals surface area (Å²) in [5.74, 6) is -1.91. The molecule has 1 aliphatic heterocycles. The zero-order chi connectivity index (χ0) is 9.03. The molecular weight excluding hydrogens is 184 g/mol. The normalized spacial score (nSPS) is 24.2. The molecule has 0 spiro atoms. The Labute approximate surface area is 76.7 Å². The van der Waals surface area contributed by atoms with Crippen LogP contribution < -0.4 is 0 Å². The minimum atomic E-state index is -2.47. The smallest absolute Gasteiger partial charge is 0.260 e. The van der Waals surface area contributed by atoms with Crippen LogP contribution in [-0.4, -0.2) is 36.3 Å². The van der Waals surface area contributed by atoms with Gasteiger partial charge in [-0.2, -0.15) is 0 Å². The molecule has 4 heteroatoms. The summed E-state index contributed by atoms with van der Waals surface area (Å²) >= 11 is 5.48. The molecule has 1 fully saturated rings. The lowest BCUT2D eigenvalue weighted by atomic mass is 10.1. The van der Waals surface area contributed by atoms with E-state index in [9.17, 15) is 8.78 Å². The van der Waals surface area contributed by atoms with Crippen molar-refractivity contribution in [1.29, 1.82) is 0 Å². The summed E-state index contributed by atoms with van der Waals surface area (Å²) in [7, 11) is 0. The molecule has 12 heavy (non-hydrogen) atoms. The van der Waals surface area contributed by atoms with E-state index in [-0.39, 0.29) is 13.0 Å². The van der Waals surface area contributed by atoms with Crippen LogP contribution >= 0.6 is 11.6 Å². The zero-order valence-electron chi connectivity index (χ0n) is 7.03. The number of alkyl halides is 3. The van der Waals surface area contributed by atoms with Crippen LogP contribution in [-0.2, 0) is 0 Å². The molecule has 0 aromatic heterocycles. The summed E-state index contributed by atoms with van der Waals surface area (Å²) in [6, 6.07) is 0. The highest BCUT2D eigenvalue weighted by Gasteiger charge is 2.34. The van der Waals surface area contributed by atoms with Crippen LogP contribution in [0.25, 0.3) is 0 Å². The van der Waals surface area contributed by atoms with Crippen LogP contribution in [0.5, 0.6) is 0 Å². The van der Waals surface area contributed by atoms with Gasteiger partial charge < -0.3 is 0 Å². The largest absolute Gasteiger partial charge is 0.297 e. The fraction of sp³-hybridized carbons (Fsp3) is 1.00. The lowest BCUT2D eigenvalue weighted by Gasteiger charge is -2.32. The summed E-state index contributed by atoms with van der Waals surface area (Å²) in [5, 5.41) is 0. The third-order valence-electron chi connectivity index (χ3n) is 2.08. The van der Waals surface area contributed by atoms with Gasteiger partial charge in [-0.3, -0.25) is 4.90 Å². The highest BCUT2D eigenvalue weighted by molar-refractivity contribution is 6.17. The van der Waals surface area contributed by atoms with Crippen molar-refractivity contribution in [2.75, 3.05) is 25.5 Å². The van der Waals surface area contributed by atoms with Crippen LogP contribution in [0, 0.1) is 0 Å². The average molecular weight is 198 g/mol. The molecule has 1 aliphatic rings. The number of likely N-dealkylation sites (tertiary alicyclic amines) is 1. The molecule has 0 amide bonds. The molecule has 0 aromatic rings. The topological polar surface area (TPSA) is 3.24 Å². The van der Waals surface area contributed by atoms with Crippen molar-refractivity contribution in [3.05, 3.63) is 0 Å². The van der Waals surface area contributed by atoms with Crippen molar-refractivity contribution in [2.45, 2.75) is 25.2 Å². The first kappa shape index (κ1) is 10.2. The van der Waals surface area contributed by atoms with E-state index in [1.54, 1.807) is 4.90 Å². The van der Waals surface area contributed by atoms with Gasteiger partial charge in [0.25, 0.3) is 5.92 Å². The standard InChI is InChI=1S/C8H14ClF2N/c9-4-2-6-12-5-1-3-8(10,11)7-12/h1-7H2. The Bertz CT molecular complexity index is 141. The molecule has 72 valence electrons. The molecule has 1 heterocycles. The Morgan fingerprint density at radius 3 is 2.75 bits per heavy atom. The summed E-state index contributed by atoms with van der Waals surface area (Å²) in [6.07, 6.45) is 1.46. The van der Waals surface area contributed by atoms with Gasteiger partial charge >= 0.3 is 0 Å². The Hall–Kier alpha value is 0.110. The van der Waals surface area contributed by atoms with E-state index in [0.717, 1.165) is 13.0 Å². The first-order chi connectivity index (χ1) is 5.64. The van der Waals surface area contributed by atoms with Gasteiger partial charge in [-0.25, -0.2) is 8.78 Å². The van der Waals surface area contributed by atoms with Gasteiger partial charge in [0.2, 0.25) is 0 Å². The predicted molar refractivity (Wildman–Crippen MR) is 46.0 cm³/mol. The van der Waals surface area contributed by atoms with Gasteiger partial charge in [0.05, 0.1) is 6.54 Å². The van der Waals surface area contributed by atoms with Crippen LogP contribution in [0.15, 0.2) is 0 Å². The molecule has 0 atom stereocenters. The molecule has 0 radical (unpaired) electrons. The van der Waals surface area contributed by atoms with Crippen molar-refractivity contribution < 1.29 is 8.78 Å². The van der Waals surface area contributed by atoms with E-state index in [4.69, 9.17) is 11.6 Å². The Morgan fingerprint density at radius 1 is 1.42 bits per heavy atom. The maximum absolute atomic E-state index is 12.8. The lowest BCUT2D eigenvalue weighted by Crippen LogP contribution is -2.42. The molecule has 1 nitrogen and oxygen atoms in total. The average Bonchev–Trinajstić information content (AvgIpc) is 1.99. The summed E-state index contributed by atoms with van der Waals surface area (Å²) in [5.41, 5.74) is 0. The van der Waals surface area contributed by atoms with Crippen LogP contribution in [0.1, 0.15) is 19.3 Å². The third-order valence-corrected chi connectivity index (χ3v) is 2.35. The van der Waals surface area contributed by atoms with E-state index >= 15 is 0 Å². The quantitative estimate of drug-likeness (QED) is 0.628. The second kappa shape index (κ2) is 4.38. The predicted octanol–water partition coefficient (Wildman–Crippen LogP) is 2.35. The van der Waals surface area contributed by atoms with E-state index in [1.807, 2.05) is 0 Å². The first-order valence-electron chi connectivity index (χ1n) is 4.30. The molecule has 0 aromatic carbocycles. The SMILES string of the molecule is FC1(F)CCCN(CCCCl)C1. The van der Waals surface area contributed by atoms with Crippen molar-refractivity contribution in [3.8, 4) is 0 Å². The third kappa shape index (κ3) is 3.23. The second-order valence-electron chi connectivity index (χ2n) is 3.28. The Balaban J connectivity index is 2.26. The maximum Gasteiger partial charge on any atom is 0.260 e. The van der Waals surface area contributed by atoms with Gasteiger partial charge in [-0.05, 0) is 25.9 Å². The van der Waals surface area contributed by atoms with Gasteiger partial charge in [0.15, 0.2) is 0 Å². The number of hydrogen-bond acceptors (Lipinski definition) is 1. The van der Waals surface area contributed by atoms with E-state index in [0.29, 0.717) is 18.8 Å². The Morgan fingerprint density at radius 2 is 2.17 bits per heavy atom. The van der Waals surface area contributed by atoms with Gasteiger partial charge in [-0.1, -0.05) is 0 Å². The zero-order valence-corrected chi connectivity index (χ0v) is 7.79. The minimum absolute atomic E-state index is 0.0460. The number of hydrogen-bond donors (Lipinski definition) is 0. The van der Waals surface area contributed by atoms with E-state index in [1.165, 1.54) is 0 Å². The summed E-state index contributed by atoms with van der Waals surface area (Å²) < 4.78 is 25.6. The van der Waals surface area contributed by atoms with E-state index < -0.39 is 5.92 Å². The monoisotopic (exact) mass is 197 g/mol. The first-order valence-corrected chi connectivity index (χ1v) is 4.84. The van der Waals surface area contributed by atoms with Crippen molar-refractivity contribution in [2.24, 2.45) is 0 Å². The van der Waals surface area contributed by atoms with Crippen LogP contribution in [0.4, 0.5) is 8.78 Å². The van der Waals surface area contributed by atoms with Crippen molar-refractivity contribution >= 4 is 11.6 Å². The fourth-order valence-corrected chi connectivity index (χ4v) is 1.64. The molecule has 1 saturated heterocycles. The molecular formula is C8H14ClF2N. The molecule has 0 unspecified atom stereocenters. The second-order valence-corrected chi connectivity index (χ2v) is 3.66. The Kier molecular flexibility index (Phi) is 3.72. The van der Waals surface area contributed by atoms with Crippen LogP contribution in [0.3, 0.4) is 0 Å². The molecule has 0 bridgehead atoms. The van der Waals surface area contributed by atoms with Gasteiger partial charge in [0.1, 0.15) is 0 Å². The summed E-state index contributed by atoms with van der Waals surface area (Å²) in [6.45, 7) is 1.43. The summed E-state index contributed by atoms with van der Waals surface area (Å²) in [4.78, 5) is 1.80. The number of rotatable bonds is 3. The van der Waals surface area contributed by atoms with Gasteiger partial charge in [-0.15, -0.1) is 11.6 Å². The highest BCUT2D eigenvalue weighted by Crippen LogP contribution is 2.26. The van der Waals surface area contributed by atoms with Crippen molar-refractivity contribution in [3.63, 3.8) is 0 Å². The molecule has 1 rings (SSSR count). The van der Waals surface area contributed by atoms with E-state index in [2.05, 4.69) is 0 Å². The van der Waals surface area contributed by atoms with Gasteiger partial charge in [0, 0.05) is 12.3 Å². The van der Waals surface area contributed by atoms with Crippen molar-refractivity contribution in [1.82, 2.24) is 4.90 Å². The number of nitrogens with zero attached hydrogens (tertiary/aromatic N) is 1. The van der Waals surface area contributed by atoms with Crippen LogP contribution in [0.2, 0.25) is 0 Å². The number of halogens is 3. The minimum Gasteiger partial charge on any atom is -0.297 e.